The fourth-order valence-electron chi connectivity index (χ4n) is 2.51. The summed E-state index contributed by atoms with van der Waals surface area (Å²) < 4.78 is 5.40. The second-order valence-electron chi connectivity index (χ2n) is 6.31. The van der Waals surface area contributed by atoms with Crippen molar-refractivity contribution in [1.29, 1.82) is 0 Å². The van der Waals surface area contributed by atoms with E-state index >= 15 is 0 Å². The van der Waals surface area contributed by atoms with E-state index in [4.69, 9.17) is 9.84 Å². The first kappa shape index (κ1) is 15.8. The molecule has 1 heterocycles. The number of ether oxygens (including phenoxy) is 1. The largest absolute Gasteiger partial charge is 0.481 e. The Kier molecular flexibility index (Phi) is 5.20. The number of amides is 1. The molecule has 1 aliphatic heterocycles. The smallest absolute Gasteiger partial charge is 0.410 e. The Hall–Kier alpha value is -1.26. The van der Waals surface area contributed by atoms with Gasteiger partial charge in [0.05, 0.1) is 0 Å². The lowest BCUT2D eigenvalue weighted by Gasteiger charge is -2.39. The summed E-state index contributed by atoms with van der Waals surface area (Å²) in [5, 5.41) is 8.89. The third-order valence-electron chi connectivity index (χ3n) is 3.33. The van der Waals surface area contributed by atoms with Gasteiger partial charge in [-0.2, -0.15) is 0 Å². The van der Waals surface area contributed by atoms with E-state index in [2.05, 4.69) is 0 Å². The zero-order valence-electron chi connectivity index (χ0n) is 12.3. The van der Waals surface area contributed by atoms with E-state index in [1.165, 1.54) is 0 Å². The predicted octanol–water partition coefficient (Wildman–Crippen LogP) is 2.89. The van der Waals surface area contributed by atoms with E-state index < -0.39 is 11.6 Å². The number of carboxylic acids is 1. The molecule has 0 aromatic heterocycles. The first-order valence-corrected chi connectivity index (χ1v) is 6.92. The van der Waals surface area contributed by atoms with Gasteiger partial charge in [-0.25, -0.2) is 4.79 Å². The van der Waals surface area contributed by atoms with Gasteiger partial charge in [0.25, 0.3) is 0 Å². The van der Waals surface area contributed by atoms with Crippen molar-refractivity contribution in [1.82, 2.24) is 4.90 Å². The van der Waals surface area contributed by atoms with Crippen molar-refractivity contribution >= 4 is 12.1 Å². The first-order valence-electron chi connectivity index (χ1n) is 6.92. The van der Waals surface area contributed by atoms with Crippen molar-refractivity contribution < 1.29 is 19.4 Å². The monoisotopic (exact) mass is 271 g/mol. The number of hydrogen-bond donors (Lipinski definition) is 1. The second-order valence-corrected chi connectivity index (χ2v) is 6.31. The highest BCUT2D eigenvalue weighted by atomic mass is 16.6. The van der Waals surface area contributed by atoms with Crippen LogP contribution in [0.3, 0.4) is 0 Å². The van der Waals surface area contributed by atoms with E-state index in [1.807, 2.05) is 27.7 Å². The Labute approximate surface area is 114 Å². The van der Waals surface area contributed by atoms with Crippen LogP contribution in [0.2, 0.25) is 0 Å². The topological polar surface area (TPSA) is 66.8 Å². The first-order chi connectivity index (χ1) is 8.70. The average molecular weight is 271 g/mol. The number of carbonyl (C=O) groups excluding carboxylic acids is 1. The van der Waals surface area contributed by atoms with Crippen molar-refractivity contribution in [2.75, 3.05) is 6.54 Å². The van der Waals surface area contributed by atoms with E-state index in [0.717, 1.165) is 19.3 Å². The Morgan fingerprint density at radius 1 is 1.37 bits per heavy atom. The molecule has 19 heavy (non-hydrogen) atoms. The van der Waals surface area contributed by atoms with Gasteiger partial charge in [-0.1, -0.05) is 6.92 Å². The van der Waals surface area contributed by atoms with E-state index in [-0.39, 0.29) is 24.5 Å². The minimum Gasteiger partial charge on any atom is -0.481 e. The SMILES string of the molecule is CC(CC(=O)O)C1CCCCN1C(=O)OC(C)(C)C. The maximum absolute atomic E-state index is 12.2. The van der Waals surface area contributed by atoms with Crippen LogP contribution in [-0.4, -0.2) is 40.3 Å². The Balaban J connectivity index is 2.71. The van der Waals surface area contributed by atoms with Gasteiger partial charge in [-0.05, 0) is 46.0 Å². The summed E-state index contributed by atoms with van der Waals surface area (Å²) in [4.78, 5) is 24.7. The van der Waals surface area contributed by atoms with E-state index in [1.54, 1.807) is 4.90 Å². The second kappa shape index (κ2) is 6.26. The number of carbonyl (C=O) groups is 2. The molecule has 0 spiro atoms. The Bertz CT molecular complexity index is 335. The maximum Gasteiger partial charge on any atom is 0.410 e. The van der Waals surface area contributed by atoms with Crippen molar-refractivity contribution in [3.63, 3.8) is 0 Å². The van der Waals surface area contributed by atoms with Crippen molar-refractivity contribution in [2.24, 2.45) is 5.92 Å². The summed E-state index contributed by atoms with van der Waals surface area (Å²) in [6, 6.07) is -0.0281. The van der Waals surface area contributed by atoms with Crippen LogP contribution in [0, 0.1) is 5.92 Å². The van der Waals surface area contributed by atoms with Crippen molar-refractivity contribution in [2.45, 2.75) is 65.0 Å². The summed E-state index contributed by atoms with van der Waals surface area (Å²) >= 11 is 0. The van der Waals surface area contributed by atoms with Gasteiger partial charge in [0.15, 0.2) is 0 Å². The lowest BCUT2D eigenvalue weighted by molar-refractivity contribution is -0.138. The highest BCUT2D eigenvalue weighted by molar-refractivity contribution is 5.69. The van der Waals surface area contributed by atoms with Crippen LogP contribution < -0.4 is 0 Å². The highest BCUT2D eigenvalue weighted by Crippen LogP contribution is 2.27. The minimum absolute atomic E-state index is 0.0281. The minimum atomic E-state index is -0.817. The Morgan fingerprint density at radius 2 is 2.00 bits per heavy atom. The molecule has 0 bridgehead atoms. The van der Waals surface area contributed by atoms with Gasteiger partial charge in [0, 0.05) is 19.0 Å². The number of nitrogens with zero attached hydrogens (tertiary/aromatic N) is 1. The third-order valence-corrected chi connectivity index (χ3v) is 3.33. The van der Waals surface area contributed by atoms with Crippen LogP contribution in [0.25, 0.3) is 0 Å². The van der Waals surface area contributed by atoms with Gasteiger partial charge >= 0.3 is 12.1 Å². The third kappa shape index (κ3) is 5.09. The molecule has 110 valence electrons. The predicted molar refractivity (Wildman–Crippen MR) is 72.0 cm³/mol. The molecule has 0 radical (unpaired) electrons. The van der Waals surface area contributed by atoms with Crippen LogP contribution in [-0.2, 0) is 9.53 Å². The summed E-state index contributed by atoms with van der Waals surface area (Å²) in [5.41, 5.74) is -0.519. The summed E-state index contributed by atoms with van der Waals surface area (Å²) in [6.07, 6.45) is 2.61. The van der Waals surface area contributed by atoms with Crippen LogP contribution in [0.4, 0.5) is 4.79 Å². The molecule has 1 amide bonds. The number of hydrogen-bond acceptors (Lipinski definition) is 3. The molecule has 5 nitrogen and oxygen atoms in total. The summed E-state index contributed by atoms with van der Waals surface area (Å²) in [6.45, 7) is 8.06. The molecular weight excluding hydrogens is 246 g/mol. The van der Waals surface area contributed by atoms with E-state index in [0.29, 0.717) is 6.54 Å². The average Bonchev–Trinajstić information content (AvgIpc) is 2.25. The number of piperidine rings is 1. The van der Waals surface area contributed by atoms with Gasteiger partial charge in [-0.15, -0.1) is 0 Å². The van der Waals surface area contributed by atoms with Gasteiger partial charge in [0.2, 0.25) is 0 Å². The molecule has 1 saturated heterocycles. The van der Waals surface area contributed by atoms with Crippen LogP contribution in [0.1, 0.15) is 53.4 Å². The van der Waals surface area contributed by atoms with E-state index in [9.17, 15) is 9.59 Å². The summed E-state index contributed by atoms with van der Waals surface area (Å²) in [5.74, 6) is -0.868. The number of carboxylic acid groups (broad SMARTS) is 1. The summed E-state index contributed by atoms with van der Waals surface area (Å²) in [7, 11) is 0. The molecular formula is C14H25NO4. The molecule has 1 fully saturated rings. The standard InChI is InChI=1S/C14H25NO4/c1-10(9-12(16)17)11-7-5-6-8-15(11)13(18)19-14(2,3)4/h10-11H,5-9H2,1-4H3,(H,16,17). The Morgan fingerprint density at radius 3 is 2.53 bits per heavy atom. The van der Waals surface area contributed by atoms with Crippen LogP contribution >= 0.6 is 0 Å². The number of rotatable bonds is 3. The zero-order chi connectivity index (χ0) is 14.6. The van der Waals surface area contributed by atoms with Gasteiger partial charge < -0.3 is 14.7 Å². The van der Waals surface area contributed by atoms with Crippen LogP contribution in [0.15, 0.2) is 0 Å². The molecule has 1 N–H and O–H groups in total. The van der Waals surface area contributed by atoms with Gasteiger partial charge in [-0.3, -0.25) is 4.79 Å². The number of likely N-dealkylation sites (tertiary alicyclic amines) is 1. The quantitative estimate of drug-likeness (QED) is 0.857. The molecule has 0 aromatic rings. The number of aliphatic carboxylic acids is 1. The lowest BCUT2D eigenvalue weighted by atomic mass is 9.89. The normalized spacial score (nSPS) is 21.9. The molecule has 5 heteroatoms. The van der Waals surface area contributed by atoms with Crippen molar-refractivity contribution in [3.8, 4) is 0 Å². The molecule has 2 unspecified atom stereocenters. The van der Waals surface area contributed by atoms with Crippen LogP contribution in [0.5, 0.6) is 0 Å². The highest BCUT2D eigenvalue weighted by Gasteiger charge is 2.34. The van der Waals surface area contributed by atoms with Gasteiger partial charge in [0.1, 0.15) is 5.60 Å². The molecule has 1 aliphatic rings. The molecule has 0 aliphatic carbocycles. The fraction of sp³-hybridized carbons (Fsp3) is 0.857. The van der Waals surface area contributed by atoms with Crippen molar-refractivity contribution in [3.05, 3.63) is 0 Å². The molecule has 0 saturated carbocycles. The maximum atomic E-state index is 12.2. The molecule has 2 atom stereocenters. The molecule has 1 rings (SSSR count). The fourth-order valence-corrected chi connectivity index (χ4v) is 2.51. The lowest BCUT2D eigenvalue weighted by Crippen LogP contribution is -2.49. The molecule has 0 aromatic carbocycles. The zero-order valence-corrected chi connectivity index (χ0v) is 12.3.